The van der Waals surface area contributed by atoms with Crippen molar-refractivity contribution in [1.29, 1.82) is 0 Å². The SMILES string of the molecule is O.O.O=C(O)C12CC3CC(C1)CC(C(=O)O)(C3)C2.[Zn].c1cc(-c2ccncc2)ccn1. The number of carboxylic acids is 2. The second kappa shape index (κ2) is 10.4. The fourth-order valence-electron chi connectivity index (χ4n) is 5.85. The summed E-state index contributed by atoms with van der Waals surface area (Å²) in [5.41, 5.74) is 0.908. The molecule has 0 aromatic carbocycles. The van der Waals surface area contributed by atoms with Gasteiger partial charge in [-0.1, -0.05) is 0 Å². The van der Waals surface area contributed by atoms with Crippen LogP contribution in [0.25, 0.3) is 11.1 Å². The van der Waals surface area contributed by atoms with Crippen LogP contribution in [0, 0.1) is 22.7 Å². The summed E-state index contributed by atoms with van der Waals surface area (Å²) in [6.07, 6.45) is 11.4. The third-order valence-electron chi connectivity index (χ3n) is 6.66. The summed E-state index contributed by atoms with van der Waals surface area (Å²) >= 11 is 0. The van der Waals surface area contributed by atoms with Crippen molar-refractivity contribution in [3.8, 4) is 11.1 Å². The maximum absolute atomic E-state index is 11.4. The van der Waals surface area contributed by atoms with Crippen LogP contribution in [-0.4, -0.2) is 43.1 Å². The molecule has 4 bridgehead atoms. The molecule has 0 radical (unpaired) electrons. The summed E-state index contributed by atoms with van der Waals surface area (Å²) in [6.45, 7) is 0. The van der Waals surface area contributed by atoms with E-state index in [9.17, 15) is 19.8 Å². The quantitative estimate of drug-likeness (QED) is 0.638. The third-order valence-corrected chi connectivity index (χ3v) is 6.66. The van der Waals surface area contributed by atoms with Crippen molar-refractivity contribution in [1.82, 2.24) is 9.97 Å². The zero-order valence-corrected chi connectivity index (χ0v) is 20.3. The number of carbonyl (C=O) groups is 2. The van der Waals surface area contributed by atoms with E-state index in [0.717, 1.165) is 6.42 Å². The first-order chi connectivity index (χ1) is 13.4. The van der Waals surface area contributed by atoms with Crippen molar-refractivity contribution in [3.63, 3.8) is 0 Å². The molecular formula is C22H28N2O6Zn. The summed E-state index contributed by atoms with van der Waals surface area (Å²) in [6, 6.07) is 7.93. The molecular weight excluding hydrogens is 454 g/mol. The van der Waals surface area contributed by atoms with Crippen molar-refractivity contribution in [2.45, 2.75) is 38.5 Å². The molecule has 8 nitrogen and oxygen atoms in total. The molecule has 2 aromatic rings. The average Bonchev–Trinajstić information content (AvgIpc) is 2.69. The molecule has 4 aliphatic rings. The molecule has 0 unspecified atom stereocenters. The smallest absolute Gasteiger partial charge is 0.309 e. The van der Waals surface area contributed by atoms with Crippen LogP contribution >= 0.6 is 0 Å². The summed E-state index contributed by atoms with van der Waals surface area (Å²) in [7, 11) is 0. The maximum Gasteiger partial charge on any atom is 0.309 e. The molecule has 0 aliphatic heterocycles. The van der Waals surface area contributed by atoms with Crippen LogP contribution in [0.5, 0.6) is 0 Å². The van der Waals surface area contributed by atoms with Gasteiger partial charge < -0.3 is 21.2 Å². The molecule has 2 heterocycles. The number of aliphatic carboxylic acids is 2. The van der Waals surface area contributed by atoms with E-state index in [2.05, 4.69) is 9.97 Å². The van der Waals surface area contributed by atoms with Gasteiger partial charge in [0.25, 0.3) is 0 Å². The Morgan fingerprint density at radius 1 is 0.742 bits per heavy atom. The van der Waals surface area contributed by atoms with E-state index in [1.165, 1.54) is 11.1 Å². The van der Waals surface area contributed by atoms with Crippen LogP contribution in [0.1, 0.15) is 38.5 Å². The van der Waals surface area contributed by atoms with Crippen LogP contribution in [0.3, 0.4) is 0 Å². The van der Waals surface area contributed by atoms with Gasteiger partial charge in [-0.15, -0.1) is 0 Å². The van der Waals surface area contributed by atoms with Crippen LogP contribution in [0.2, 0.25) is 0 Å². The normalized spacial score (nSPS) is 29.2. The minimum atomic E-state index is -0.771. The molecule has 0 saturated heterocycles. The van der Waals surface area contributed by atoms with Gasteiger partial charge in [-0.3, -0.25) is 19.6 Å². The molecule has 4 aliphatic carbocycles. The number of carboxylic acid groups (broad SMARTS) is 2. The number of hydrogen-bond acceptors (Lipinski definition) is 4. The van der Waals surface area contributed by atoms with Gasteiger partial charge in [0.15, 0.2) is 0 Å². The van der Waals surface area contributed by atoms with Crippen molar-refractivity contribution in [2.24, 2.45) is 22.7 Å². The molecule has 4 fully saturated rings. The van der Waals surface area contributed by atoms with E-state index in [4.69, 9.17) is 0 Å². The third kappa shape index (κ3) is 5.17. The van der Waals surface area contributed by atoms with Crippen molar-refractivity contribution < 1.29 is 50.2 Å². The van der Waals surface area contributed by atoms with Crippen LogP contribution in [0.4, 0.5) is 0 Å². The van der Waals surface area contributed by atoms with E-state index in [-0.39, 0.29) is 30.4 Å². The molecule has 164 valence electrons. The monoisotopic (exact) mass is 480 g/mol. The van der Waals surface area contributed by atoms with E-state index >= 15 is 0 Å². The molecule has 6 rings (SSSR count). The topological polar surface area (TPSA) is 163 Å². The number of hydrogen-bond donors (Lipinski definition) is 2. The number of aromatic nitrogens is 2. The van der Waals surface area contributed by atoms with Crippen LogP contribution in [0.15, 0.2) is 49.1 Å². The Bertz CT molecular complexity index is 797. The zero-order chi connectivity index (χ0) is 19.8. The maximum atomic E-state index is 11.4. The van der Waals surface area contributed by atoms with Gasteiger partial charge in [-0.05, 0) is 85.8 Å². The van der Waals surface area contributed by atoms with Crippen LogP contribution in [-0.2, 0) is 29.1 Å². The van der Waals surface area contributed by atoms with Crippen LogP contribution < -0.4 is 0 Å². The fourth-order valence-corrected chi connectivity index (χ4v) is 5.85. The van der Waals surface area contributed by atoms with Gasteiger partial charge in [-0.2, -0.15) is 0 Å². The van der Waals surface area contributed by atoms with Gasteiger partial charge in [0.1, 0.15) is 0 Å². The minimum Gasteiger partial charge on any atom is -0.481 e. The molecule has 31 heavy (non-hydrogen) atoms. The first-order valence-corrected chi connectivity index (χ1v) is 9.70. The Morgan fingerprint density at radius 2 is 1.06 bits per heavy atom. The zero-order valence-electron chi connectivity index (χ0n) is 17.3. The van der Waals surface area contributed by atoms with Gasteiger partial charge in [-0.25, -0.2) is 0 Å². The van der Waals surface area contributed by atoms with Gasteiger partial charge >= 0.3 is 11.9 Å². The summed E-state index contributed by atoms with van der Waals surface area (Å²) in [4.78, 5) is 30.8. The van der Waals surface area contributed by atoms with E-state index in [0.29, 0.717) is 43.9 Å². The molecule has 0 atom stereocenters. The largest absolute Gasteiger partial charge is 0.481 e. The Labute approximate surface area is 193 Å². The number of pyridine rings is 2. The Morgan fingerprint density at radius 3 is 1.35 bits per heavy atom. The predicted molar refractivity (Wildman–Crippen MR) is 110 cm³/mol. The molecule has 0 spiro atoms. The fraction of sp³-hybridized carbons (Fsp3) is 0.455. The van der Waals surface area contributed by atoms with Gasteiger partial charge in [0, 0.05) is 44.3 Å². The van der Waals surface area contributed by atoms with Crippen molar-refractivity contribution in [2.75, 3.05) is 0 Å². The second-order valence-electron chi connectivity index (χ2n) is 8.60. The summed E-state index contributed by atoms with van der Waals surface area (Å²) in [5, 5.41) is 18.8. The van der Waals surface area contributed by atoms with E-state index < -0.39 is 22.8 Å². The van der Waals surface area contributed by atoms with E-state index in [1.54, 1.807) is 24.8 Å². The Hall–Kier alpha value is -2.22. The predicted octanol–water partition coefficient (Wildman–Crippen LogP) is 2.23. The average molecular weight is 482 g/mol. The van der Waals surface area contributed by atoms with E-state index in [1.807, 2.05) is 24.3 Å². The first kappa shape index (κ1) is 26.8. The van der Waals surface area contributed by atoms with Crippen molar-refractivity contribution in [3.05, 3.63) is 49.1 Å². The summed E-state index contributed by atoms with van der Waals surface area (Å²) < 4.78 is 0. The van der Waals surface area contributed by atoms with Crippen molar-refractivity contribution >= 4 is 11.9 Å². The standard InChI is InChI=1S/C12H16O4.C10H8N2.2H2O.Zn/c13-9(14)11-2-7-1-8(4-11)5-12(3-7,6-11)10(15)16;1-5-11-6-2-9(1)10-3-7-12-8-4-10;;;/h7-8H,1-6H2,(H,13,14)(H,15,16);1-8H;2*1H2;. The molecule has 2 aromatic heterocycles. The molecule has 4 saturated carbocycles. The minimum absolute atomic E-state index is 0. The second-order valence-corrected chi connectivity index (χ2v) is 8.60. The number of nitrogens with zero attached hydrogens (tertiary/aromatic N) is 2. The Balaban J connectivity index is 0.000000292. The first-order valence-electron chi connectivity index (χ1n) is 9.70. The van der Waals surface area contributed by atoms with Gasteiger partial charge in [0.2, 0.25) is 0 Å². The molecule has 0 amide bonds. The van der Waals surface area contributed by atoms with Gasteiger partial charge in [0.05, 0.1) is 10.8 Å². The summed E-state index contributed by atoms with van der Waals surface area (Å²) in [5.74, 6) is -0.888. The molecule has 6 N–H and O–H groups in total. The molecule has 9 heteroatoms. The number of rotatable bonds is 3. The Kier molecular flexibility index (Phi) is 8.99.